The van der Waals surface area contributed by atoms with Gasteiger partial charge >= 0.3 is 0 Å². The second kappa shape index (κ2) is 10.6. The number of aromatic nitrogens is 2. The Labute approximate surface area is 289 Å². The first-order chi connectivity index (χ1) is 24.8. The molecular formula is C48H32N2. The van der Waals surface area contributed by atoms with Gasteiger partial charge in [0, 0.05) is 38.8 Å². The summed E-state index contributed by atoms with van der Waals surface area (Å²) < 4.78 is 4.93. The minimum atomic E-state index is 1.05. The zero-order valence-corrected chi connectivity index (χ0v) is 27.5. The van der Waals surface area contributed by atoms with Gasteiger partial charge in [-0.1, -0.05) is 121 Å². The van der Waals surface area contributed by atoms with Crippen LogP contribution in [0.4, 0.5) is 0 Å². The number of para-hydroxylation sites is 2. The van der Waals surface area contributed by atoms with E-state index in [2.05, 4.69) is 179 Å². The average molecular weight is 637 g/mol. The Balaban J connectivity index is 1.15. The molecule has 234 valence electrons. The molecule has 0 N–H and O–H groups in total. The second-order valence-electron chi connectivity index (χ2n) is 13.6. The van der Waals surface area contributed by atoms with E-state index in [1.165, 1.54) is 98.8 Å². The van der Waals surface area contributed by atoms with E-state index < -0.39 is 0 Å². The standard InChI is InChI=1S/C48H32N2/c1-2-12-33(13-3-1)49-46-21-11-9-19-41(46)44-28-31(23-27-47(44)49)32-22-25-42-40-18-8-10-20-45(40)50(48(42)29-32)34-24-26-39-37-16-5-4-14-35(37)36-15-6-7-17-38(36)43(39)30-34/h1-10,12-20,22-30H,11,21H2. The van der Waals surface area contributed by atoms with E-state index >= 15 is 0 Å². The van der Waals surface area contributed by atoms with Gasteiger partial charge in [-0.2, -0.15) is 0 Å². The van der Waals surface area contributed by atoms with Crippen molar-refractivity contribution in [3.8, 4) is 22.5 Å². The molecule has 1 aliphatic carbocycles. The van der Waals surface area contributed by atoms with Gasteiger partial charge in [-0.25, -0.2) is 0 Å². The molecule has 0 saturated carbocycles. The maximum Gasteiger partial charge on any atom is 0.0547 e. The quantitative estimate of drug-likeness (QED) is 0.171. The molecule has 50 heavy (non-hydrogen) atoms. The largest absolute Gasteiger partial charge is 0.313 e. The Morgan fingerprint density at radius 1 is 0.360 bits per heavy atom. The van der Waals surface area contributed by atoms with Gasteiger partial charge in [-0.3, -0.25) is 0 Å². The van der Waals surface area contributed by atoms with Gasteiger partial charge < -0.3 is 9.13 Å². The van der Waals surface area contributed by atoms with Crippen LogP contribution in [0.1, 0.15) is 17.7 Å². The first kappa shape index (κ1) is 27.6. The van der Waals surface area contributed by atoms with Crippen LogP contribution in [0.3, 0.4) is 0 Å². The predicted octanol–water partition coefficient (Wildman–Crippen LogP) is 12.8. The normalized spacial score (nSPS) is 13.0. The van der Waals surface area contributed by atoms with Gasteiger partial charge in [0.15, 0.2) is 0 Å². The summed E-state index contributed by atoms with van der Waals surface area (Å²) in [7, 11) is 0. The molecule has 8 aromatic carbocycles. The van der Waals surface area contributed by atoms with E-state index in [1.807, 2.05) is 0 Å². The van der Waals surface area contributed by atoms with Gasteiger partial charge in [0.25, 0.3) is 0 Å². The van der Waals surface area contributed by atoms with Crippen molar-refractivity contribution in [1.29, 1.82) is 0 Å². The molecule has 0 amide bonds. The zero-order chi connectivity index (χ0) is 32.8. The monoisotopic (exact) mass is 636 g/mol. The van der Waals surface area contributed by atoms with Gasteiger partial charge in [0.05, 0.1) is 16.6 Å². The molecule has 2 heteroatoms. The van der Waals surface area contributed by atoms with Gasteiger partial charge in [-0.05, 0) is 105 Å². The van der Waals surface area contributed by atoms with Gasteiger partial charge in [0.1, 0.15) is 0 Å². The predicted molar refractivity (Wildman–Crippen MR) is 213 cm³/mol. The summed E-state index contributed by atoms with van der Waals surface area (Å²) in [5.74, 6) is 0. The van der Waals surface area contributed by atoms with Crippen molar-refractivity contribution < 1.29 is 0 Å². The van der Waals surface area contributed by atoms with Crippen molar-refractivity contribution in [1.82, 2.24) is 9.13 Å². The first-order valence-electron chi connectivity index (χ1n) is 17.6. The lowest BCUT2D eigenvalue weighted by Crippen LogP contribution is -2.02. The maximum absolute atomic E-state index is 2.46. The molecule has 0 radical (unpaired) electrons. The smallest absolute Gasteiger partial charge is 0.0547 e. The molecule has 0 unspecified atom stereocenters. The van der Waals surface area contributed by atoms with Crippen LogP contribution in [-0.4, -0.2) is 9.13 Å². The van der Waals surface area contributed by atoms with Crippen LogP contribution in [0.15, 0.2) is 164 Å². The van der Waals surface area contributed by atoms with Crippen molar-refractivity contribution in [2.45, 2.75) is 12.8 Å². The third-order valence-corrected chi connectivity index (χ3v) is 10.9. The summed E-state index contributed by atoms with van der Waals surface area (Å²) in [6, 6.07) is 58.4. The number of fused-ring (bicyclic) bond motifs is 12. The topological polar surface area (TPSA) is 9.86 Å². The van der Waals surface area contributed by atoms with Crippen molar-refractivity contribution in [3.63, 3.8) is 0 Å². The molecule has 2 heterocycles. The molecule has 2 aromatic heterocycles. The minimum absolute atomic E-state index is 1.05. The lowest BCUT2D eigenvalue weighted by Gasteiger charge is -2.14. The molecular weight excluding hydrogens is 605 g/mol. The Kier molecular flexibility index (Phi) is 5.82. The summed E-state index contributed by atoms with van der Waals surface area (Å²) in [4.78, 5) is 0. The minimum Gasteiger partial charge on any atom is -0.313 e. The van der Waals surface area contributed by atoms with Crippen molar-refractivity contribution in [2.75, 3.05) is 0 Å². The van der Waals surface area contributed by atoms with Crippen LogP contribution in [0, 0.1) is 0 Å². The molecule has 0 fully saturated rings. The molecule has 0 bridgehead atoms. The van der Waals surface area contributed by atoms with Gasteiger partial charge in [-0.15, -0.1) is 0 Å². The maximum atomic E-state index is 2.46. The molecule has 2 nitrogen and oxygen atoms in total. The third-order valence-electron chi connectivity index (χ3n) is 10.9. The van der Waals surface area contributed by atoms with Crippen LogP contribution < -0.4 is 0 Å². The average Bonchev–Trinajstić information content (AvgIpc) is 3.70. The highest BCUT2D eigenvalue weighted by molar-refractivity contribution is 6.25. The highest BCUT2D eigenvalue weighted by atomic mass is 15.0. The molecule has 1 aliphatic rings. The Hall–Kier alpha value is -6.38. The van der Waals surface area contributed by atoms with Crippen LogP contribution in [0.2, 0.25) is 0 Å². The van der Waals surface area contributed by atoms with Crippen molar-refractivity contribution in [3.05, 3.63) is 175 Å². The van der Waals surface area contributed by atoms with E-state index in [1.54, 1.807) is 0 Å². The van der Waals surface area contributed by atoms with Crippen LogP contribution in [-0.2, 0) is 6.42 Å². The fourth-order valence-electron chi connectivity index (χ4n) is 8.74. The summed E-state index contributed by atoms with van der Waals surface area (Å²) >= 11 is 0. The highest BCUT2D eigenvalue weighted by Crippen LogP contribution is 2.41. The zero-order valence-electron chi connectivity index (χ0n) is 27.5. The summed E-state index contributed by atoms with van der Waals surface area (Å²) in [6.45, 7) is 0. The van der Waals surface area contributed by atoms with Gasteiger partial charge in [0.2, 0.25) is 0 Å². The number of allylic oxidation sites excluding steroid dienone is 1. The fraction of sp³-hybridized carbons (Fsp3) is 0.0417. The molecule has 0 atom stereocenters. The van der Waals surface area contributed by atoms with E-state index in [0.29, 0.717) is 0 Å². The number of hydrogen-bond acceptors (Lipinski definition) is 0. The van der Waals surface area contributed by atoms with E-state index in [9.17, 15) is 0 Å². The van der Waals surface area contributed by atoms with E-state index in [-0.39, 0.29) is 0 Å². The fourth-order valence-corrected chi connectivity index (χ4v) is 8.74. The van der Waals surface area contributed by atoms with Crippen molar-refractivity contribution in [2.24, 2.45) is 0 Å². The Bertz CT molecular complexity index is 2990. The molecule has 10 aromatic rings. The molecule has 0 spiro atoms. The van der Waals surface area contributed by atoms with Crippen LogP contribution >= 0.6 is 0 Å². The molecule has 0 saturated heterocycles. The number of rotatable bonds is 3. The number of benzene rings is 8. The molecule has 11 rings (SSSR count). The second-order valence-corrected chi connectivity index (χ2v) is 13.6. The highest BCUT2D eigenvalue weighted by Gasteiger charge is 2.20. The summed E-state index contributed by atoms with van der Waals surface area (Å²) in [6.07, 6.45) is 6.78. The van der Waals surface area contributed by atoms with Crippen LogP contribution in [0.25, 0.3) is 93.6 Å². The first-order valence-corrected chi connectivity index (χ1v) is 17.6. The SMILES string of the molecule is C1=Cc2c(n(-c3ccccc3)c3ccc(-c4ccc5c6ccccc6n(-c6ccc7c8ccccc8c8ccccc8c7c6)c5c4)cc23)CC1. The van der Waals surface area contributed by atoms with Crippen molar-refractivity contribution >= 4 is 71.1 Å². The third kappa shape index (κ3) is 3.90. The Morgan fingerprint density at radius 3 is 1.72 bits per heavy atom. The Morgan fingerprint density at radius 2 is 0.940 bits per heavy atom. The van der Waals surface area contributed by atoms with Crippen LogP contribution in [0.5, 0.6) is 0 Å². The molecule has 0 aliphatic heterocycles. The summed E-state index contributed by atoms with van der Waals surface area (Å²) in [5, 5.41) is 11.6. The number of hydrogen-bond donors (Lipinski definition) is 0. The number of nitrogens with zero attached hydrogens (tertiary/aromatic N) is 2. The van der Waals surface area contributed by atoms with E-state index in [0.717, 1.165) is 12.8 Å². The lowest BCUT2D eigenvalue weighted by molar-refractivity contribution is 0.888. The van der Waals surface area contributed by atoms with E-state index in [4.69, 9.17) is 0 Å². The summed E-state index contributed by atoms with van der Waals surface area (Å²) in [5.41, 5.74) is 11.3. The lowest BCUT2D eigenvalue weighted by atomic mass is 9.94.